The first-order valence-electron chi connectivity index (χ1n) is 7.76. The van der Waals surface area contributed by atoms with Crippen LogP contribution in [0.3, 0.4) is 0 Å². The molecule has 4 nitrogen and oxygen atoms in total. The summed E-state index contributed by atoms with van der Waals surface area (Å²) in [4.78, 5) is 10.5. The van der Waals surface area contributed by atoms with Crippen molar-refractivity contribution < 1.29 is 4.39 Å². The molecule has 3 rings (SSSR count). The minimum atomic E-state index is -0.217. The molecule has 2 fully saturated rings. The van der Waals surface area contributed by atoms with Gasteiger partial charge in [-0.15, -0.1) is 0 Å². The van der Waals surface area contributed by atoms with Gasteiger partial charge in [0.05, 0.1) is 5.69 Å². The summed E-state index contributed by atoms with van der Waals surface area (Å²) in [6, 6.07) is 0.478. The minimum Gasteiger partial charge on any atom is -0.351 e. The van der Waals surface area contributed by atoms with Gasteiger partial charge in [0.25, 0.3) is 0 Å². The first kappa shape index (κ1) is 13.7. The summed E-state index contributed by atoms with van der Waals surface area (Å²) in [7, 11) is 0. The van der Waals surface area contributed by atoms with E-state index in [0.29, 0.717) is 29.9 Å². The van der Waals surface area contributed by atoms with E-state index in [1.54, 1.807) is 0 Å². The largest absolute Gasteiger partial charge is 0.351 e. The number of hydrogen-bond donors (Lipinski definition) is 1. The number of aryl methyl sites for hydroxylation is 1. The van der Waals surface area contributed by atoms with Crippen molar-refractivity contribution in [2.45, 2.75) is 45.1 Å². The predicted molar refractivity (Wildman–Crippen MR) is 77.3 cm³/mol. The number of rotatable bonds is 5. The second kappa shape index (κ2) is 6.04. The molecular formula is C15H23FN4. The Kier molecular flexibility index (Phi) is 4.15. The van der Waals surface area contributed by atoms with Gasteiger partial charge >= 0.3 is 0 Å². The third kappa shape index (κ3) is 2.92. The van der Waals surface area contributed by atoms with Crippen LogP contribution in [0, 0.1) is 11.7 Å². The number of nitrogens with zero attached hydrogens (tertiary/aromatic N) is 3. The van der Waals surface area contributed by atoms with E-state index in [9.17, 15) is 4.39 Å². The zero-order valence-electron chi connectivity index (χ0n) is 12.1. The first-order chi connectivity index (χ1) is 9.79. The molecule has 20 heavy (non-hydrogen) atoms. The molecule has 1 aromatic heterocycles. The molecule has 0 bridgehead atoms. The number of anilines is 1. The molecule has 1 unspecified atom stereocenters. The van der Waals surface area contributed by atoms with Gasteiger partial charge in [-0.1, -0.05) is 6.92 Å². The van der Waals surface area contributed by atoms with Gasteiger partial charge in [-0.2, -0.15) is 0 Å². The highest BCUT2D eigenvalue weighted by Crippen LogP contribution is 2.33. The summed E-state index contributed by atoms with van der Waals surface area (Å²) >= 11 is 0. The van der Waals surface area contributed by atoms with Gasteiger partial charge < -0.3 is 10.2 Å². The predicted octanol–water partition coefficient (Wildman–Crippen LogP) is 2.15. The van der Waals surface area contributed by atoms with Gasteiger partial charge in [0.15, 0.2) is 11.6 Å². The van der Waals surface area contributed by atoms with E-state index >= 15 is 0 Å². The van der Waals surface area contributed by atoms with E-state index in [1.165, 1.54) is 19.2 Å². The summed E-state index contributed by atoms with van der Waals surface area (Å²) in [5.74, 6) is 0.902. The highest BCUT2D eigenvalue weighted by molar-refractivity contribution is 5.44. The standard InChI is InChI=1S/C15H23FN4/c1-2-13-14(16)15(19-10-18-13)20(12-5-6-12)9-11-4-3-7-17-8-11/h10-12,17H,2-9H2,1H3. The zero-order chi connectivity index (χ0) is 13.9. The van der Waals surface area contributed by atoms with E-state index in [2.05, 4.69) is 20.2 Å². The van der Waals surface area contributed by atoms with Crippen LogP contribution in [0.4, 0.5) is 10.2 Å². The molecule has 1 saturated heterocycles. The molecule has 0 aromatic carbocycles. The molecule has 0 radical (unpaired) electrons. The summed E-state index contributed by atoms with van der Waals surface area (Å²) in [5, 5.41) is 3.43. The molecule has 0 amide bonds. The Labute approximate surface area is 119 Å². The number of hydrogen-bond acceptors (Lipinski definition) is 4. The first-order valence-corrected chi connectivity index (χ1v) is 7.76. The Bertz CT molecular complexity index is 455. The second-order valence-corrected chi connectivity index (χ2v) is 5.91. The van der Waals surface area contributed by atoms with E-state index in [0.717, 1.165) is 32.5 Å². The van der Waals surface area contributed by atoms with Crippen molar-refractivity contribution in [1.29, 1.82) is 0 Å². The van der Waals surface area contributed by atoms with Crippen LogP contribution in [0.1, 0.15) is 38.3 Å². The fraction of sp³-hybridized carbons (Fsp3) is 0.733. The van der Waals surface area contributed by atoms with Crippen molar-refractivity contribution in [2.24, 2.45) is 5.92 Å². The van der Waals surface area contributed by atoms with Crippen molar-refractivity contribution in [1.82, 2.24) is 15.3 Å². The van der Waals surface area contributed by atoms with Crippen molar-refractivity contribution in [3.8, 4) is 0 Å². The molecule has 1 aliphatic heterocycles. The second-order valence-electron chi connectivity index (χ2n) is 5.91. The lowest BCUT2D eigenvalue weighted by molar-refractivity contribution is 0.373. The highest BCUT2D eigenvalue weighted by atomic mass is 19.1. The fourth-order valence-electron chi connectivity index (χ4n) is 3.00. The summed E-state index contributed by atoms with van der Waals surface area (Å²) < 4.78 is 14.5. The van der Waals surface area contributed by atoms with E-state index in [4.69, 9.17) is 0 Å². The average Bonchev–Trinajstić information content (AvgIpc) is 3.31. The normalized spacial score (nSPS) is 22.8. The molecule has 2 heterocycles. The smallest absolute Gasteiger partial charge is 0.187 e. The molecule has 2 aliphatic rings. The van der Waals surface area contributed by atoms with E-state index in [1.807, 2.05) is 6.92 Å². The zero-order valence-corrected chi connectivity index (χ0v) is 12.1. The van der Waals surface area contributed by atoms with Crippen LogP contribution in [-0.2, 0) is 6.42 Å². The summed E-state index contributed by atoms with van der Waals surface area (Å²) in [6.45, 7) is 4.99. The maximum Gasteiger partial charge on any atom is 0.187 e. The number of aromatic nitrogens is 2. The van der Waals surface area contributed by atoms with Crippen LogP contribution < -0.4 is 10.2 Å². The van der Waals surface area contributed by atoms with Gasteiger partial charge in [0, 0.05) is 12.6 Å². The Hall–Kier alpha value is -1.23. The average molecular weight is 278 g/mol. The van der Waals surface area contributed by atoms with Crippen LogP contribution >= 0.6 is 0 Å². The van der Waals surface area contributed by atoms with Crippen LogP contribution in [0.25, 0.3) is 0 Å². The number of nitrogens with one attached hydrogen (secondary N) is 1. The molecular weight excluding hydrogens is 255 g/mol. The van der Waals surface area contributed by atoms with Gasteiger partial charge in [0.2, 0.25) is 0 Å². The molecule has 1 aliphatic carbocycles. The third-order valence-electron chi connectivity index (χ3n) is 4.29. The molecule has 0 spiro atoms. The van der Waals surface area contributed by atoms with Gasteiger partial charge in [-0.25, -0.2) is 14.4 Å². The Morgan fingerprint density at radius 1 is 1.35 bits per heavy atom. The fourth-order valence-corrected chi connectivity index (χ4v) is 3.00. The van der Waals surface area contributed by atoms with E-state index < -0.39 is 0 Å². The maximum atomic E-state index is 14.5. The van der Waals surface area contributed by atoms with Crippen LogP contribution in [0.2, 0.25) is 0 Å². The molecule has 1 aromatic rings. The number of piperidine rings is 1. The lowest BCUT2D eigenvalue weighted by Gasteiger charge is -2.31. The van der Waals surface area contributed by atoms with Crippen molar-refractivity contribution in [3.63, 3.8) is 0 Å². The molecule has 110 valence electrons. The van der Waals surface area contributed by atoms with Crippen molar-refractivity contribution in [3.05, 3.63) is 17.8 Å². The quantitative estimate of drug-likeness (QED) is 0.896. The van der Waals surface area contributed by atoms with Gasteiger partial charge in [-0.05, 0) is 51.1 Å². The lowest BCUT2D eigenvalue weighted by Crippen LogP contribution is -2.40. The highest BCUT2D eigenvalue weighted by Gasteiger charge is 2.34. The molecule has 1 saturated carbocycles. The lowest BCUT2D eigenvalue weighted by atomic mass is 9.99. The van der Waals surface area contributed by atoms with E-state index in [-0.39, 0.29) is 5.82 Å². The Morgan fingerprint density at radius 2 is 2.20 bits per heavy atom. The van der Waals surface area contributed by atoms with Crippen molar-refractivity contribution in [2.75, 3.05) is 24.5 Å². The van der Waals surface area contributed by atoms with Gasteiger partial charge in [-0.3, -0.25) is 0 Å². The maximum absolute atomic E-state index is 14.5. The number of halogens is 1. The molecule has 1 N–H and O–H groups in total. The van der Waals surface area contributed by atoms with Gasteiger partial charge in [0.1, 0.15) is 6.33 Å². The van der Waals surface area contributed by atoms with Crippen LogP contribution in [0.15, 0.2) is 6.33 Å². The minimum absolute atomic E-state index is 0.217. The SMILES string of the molecule is CCc1ncnc(N(CC2CCCNC2)C2CC2)c1F. The van der Waals surface area contributed by atoms with Crippen LogP contribution in [-0.4, -0.2) is 35.6 Å². The third-order valence-corrected chi connectivity index (χ3v) is 4.29. The molecule has 1 atom stereocenters. The van der Waals surface area contributed by atoms with Crippen LogP contribution in [0.5, 0.6) is 0 Å². The Balaban J connectivity index is 1.79. The van der Waals surface area contributed by atoms with Crippen molar-refractivity contribution >= 4 is 5.82 Å². The molecule has 5 heteroatoms. The Morgan fingerprint density at radius 3 is 2.85 bits per heavy atom. The summed E-state index contributed by atoms with van der Waals surface area (Å²) in [6.07, 6.45) is 6.88. The summed E-state index contributed by atoms with van der Waals surface area (Å²) in [5.41, 5.74) is 0.530. The topological polar surface area (TPSA) is 41.1 Å². The monoisotopic (exact) mass is 278 g/mol.